The van der Waals surface area contributed by atoms with Crippen LogP contribution in [0.1, 0.15) is 27.2 Å². The molecule has 0 saturated carbocycles. The van der Waals surface area contributed by atoms with Gasteiger partial charge in [-0.05, 0) is 33.0 Å². The second-order valence-electron chi connectivity index (χ2n) is 4.85. The number of likely N-dealkylation sites (N-methyl/N-ethyl adjacent to an activating group) is 1. The standard InChI is InChI=1S/C13H27N3O/c1-5-15(6-2)8-7-9-16-11-10-14(4)13(17)12(16)3/h12H,5-11H2,1-4H3/t12-/m0/s1. The molecule has 0 aromatic rings. The van der Waals surface area contributed by atoms with E-state index >= 15 is 0 Å². The fourth-order valence-corrected chi connectivity index (χ4v) is 2.40. The van der Waals surface area contributed by atoms with Crippen molar-refractivity contribution in [2.24, 2.45) is 0 Å². The van der Waals surface area contributed by atoms with Crippen molar-refractivity contribution >= 4 is 5.91 Å². The lowest BCUT2D eigenvalue weighted by molar-refractivity contribution is -0.139. The minimum absolute atomic E-state index is 0.0606. The molecule has 1 heterocycles. The maximum Gasteiger partial charge on any atom is 0.239 e. The summed E-state index contributed by atoms with van der Waals surface area (Å²) in [6.07, 6.45) is 1.16. The molecule has 1 amide bonds. The van der Waals surface area contributed by atoms with Crippen LogP contribution in [0.15, 0.2) is 0 Å². The van der Waals surface area contributed by atoms with Crippen LogP contribution in [0.25, 0.3) is 0 Å². The second kappa shape index (κ2) is 6.97. The Morgan fingerprint density at radius 2 is 1.94 bits per heavy atom. The van der Waals surface area contributed by atoms with E-state index in [1.807, 2.05) is 18.9 Å². The van der Waals surface area contributed by atoms with Crippen LogP contribution >= 0.6 is 0 Å². The molecule has 0 aromatic carbocycles. The monoisotopic (exact) mass is 241 g/mol. The van der Waals surface area contributed by atoms with Crippen molar-refractivity contribution in [3.63, 3.8) is 0 Å². The number of carbonyl (C=O) groups is 1. The first-order chi connectivity index (χ1) is 8.10. The lowest BCUT2D eigenvalue weighted by atomic mass is 10.1. The molecule has 0 N–H and O–H groups in total. The van der Waals surface area contributed by atoms with Gasteiger partial charge in [0.2, 0.25) is 5.91 Å². The van der Waals surface area contributed by atoms with Crippen molar-refractivity contribution in [2.45, 2.75) is 33.2 Å². The number of rotatable bonds is 6. The number of hydrogen-bond acceptors (Lipinski definition) is 3. The molecule has 1 saturated heterocycles. The Kier molecular flexibility index (Phi) is 5.92. The van der Waals surface area contributed by atoms with Gasteiger partial charge in [-0.25, -0.2) is 0 Å². The average molecular weight is 241 g/mol. The van der Waals surface area contributed by atoms with Crippen LogP contribution in [-0.4, -0.2) is 73.0 Å². The van der Waals surface area contributed by atoms with Gasteiger partial charge >= 0.3 is 0 Å². The highest BCUT2D eigenvalue weighted by Crippen LogP contribution is 2.10. The van der Waals surface area contributed by atoms with Gasteiger partial charge in [-0.2, -0.15) is 0 Å². The normalized spacial score (nSPS) is 22.5. The molecule has 4 heteroatoms. The van der Waals surface area contributed by atoms with Crippen molar-refractivity contribution in [3.8, 4) is 0 Å². The van der Waals surface area contributed by atoms with E-state index in [1.165, 1.54) is 0 Å². The summed E-state index contributed by atoms with van der Waals surface area (Å²) in [6, 6.07) is 0.0606. The summed E-state index contributed by atoms with van der Waals surface area (Å²) in [5, 5.41) is 0. The molecule has 1 aliphatic rings. The van der Waals surface area contributed by atoms with E-state index in [1.54, 1.807) is 0 Å². The number of hydrogen-bond donors (Lipinski definition) is 0. The second-order valence-corrected chi connectivity index (χ2v) is 4.85. The van der Waals surface area contributed by atoms with E-state index in [9.17, 15) is 4.79 Å². The molecule has 0 unspecified atom stereocenters. The third kappa shape index (κ3) is 3.96. The molecule has 1 aliphatic heterocycles. The first-order valence-corrected chi connectivity index (χ1v) is 6.81. The third-order valence-corrected chi connectivity index (χ3v) is 3.82. The molecule has 0 aromatic heterocycles. The summed E-state index contributed by atoms with van der Waals surface area (Å²) in [5.74, 6) is 0.263. The lowest BCUT2D eigenvalue weighted by Gasteiger charge is -2.37. The molecule has 0 bridgehead atoms. The van der Waals surface area contributed by atoms with Gasteiger partial charge in [0, 0.05) is 26.7 Å². The predicted octanol–water partition coefficient (Wildman–Crippen LogP) is 0.881. The molecule has 17 heavy (non-hydrogen) atoms. The van der Waals surface area contributed by atoms with Gasteiger partial charge in [0.1, 0.15) is 0 Å². The number of carbonyl (C=O) groups excluding carboxylic acids is 1. The van der Waals surface area contributed by atoms with Crippen LogP contribution in [-0.2, 0) is 4.79 Å². The SMILES string of the molecule is CCN(CC)CCCN1CCN(C)C(=O)[C@@H]1C. The molecule has 0 radical (unpaired) electrons. The average Bonchev–Trinajstić information content (AvgIpc) is 2.34. The highest BCUT2D eigenvalue weighted by atomic mass is 16.2. The zero-order valence-electron chi connectivity index (χ0n) is 11.8. The molecule has 100 valence electrons. The van der Waals surface area contributed by atoms with E-state index in [0.717, 1.165) is 45.7 Å². The molecule has 1 fully saturated rings. The van der Waals surface area contributed by atoms with Crippen LogP contribution in [0.4, 0.5) is 0 Å². The zero-order valence-corrected chi connectivity index (χ0v) is 11.8. The van der Waals surface area contributed by atoms with Crippen LogP contribution < -0.4 is 0 Å². The van der Waals surface area contributed by atoms with Crippen molar-refractivity contribution < 1.29 is 4.79 Å². The van der Waals surface area contributed by atoms with Gasteiger partial charge in [-0.1, -0.05) is 13.8 Å². The number of piperazine rings is 1. The van der Waals surface area contributed by atoms with Gasteiger partial charge in [0.25, 0.3) is 0 Å². The van der Waals surface area contributed by atoms with E-state index in [-0.39, 0.29) is 11.9 Å². The van der Waals surface area contributed by atoms with Gasteiger partial charge in [-0.15, -0.1) is 0 Å². The molecular formula is C13H27N3O. The summed E-state index contributed by atoms with van der Waals surface area (Å²) in [7, 11) is 1.89. The summed E-state index contributed by atoms with van der Waals surface area (Å²) in [5.41, 5.74) is 0. The van der Waals surface area contributed by atoms with E-state index in [4.69, 9.17) is 0 Å². The Hall–Kier alpha value is -0.610. The minimum Gasteiger partial charge on any atom is -0.343 e. The highest BCUT2D eigenvalue weighted by Gasteiger charge is 2.28. The van der Waals surface area contributed by atoms with E-state index < -0.39 is 0 Å². The summed E-state index contributed by atoms with van der Waals surface area (Å²) < 4.78 is 0. The van der Waals surface area contributed by atoms with Gasteiger partial charge in [0.05, 0.1) is 6.04 Å². The fraction of sp³-hybridized carbons (Fsp3) is 0.923. The van der Waals surface area contributed by atoms with E-state index in [2.05, 4.69) is 23.6 Å². The first kappa shape index (κ1) is 14.5. The lowest BCUT2D eigenvalue weighted by Crippen LogP contribution is -2.54. The van der Waals surface area contributed by atoms with E-state index in [0.29, 0.717) is 0 Å². The molecule has 4 nitrogen and oxygen atoms in total. The Morgan fingerprint density at radius 1 is 1.29 bits per heavy atom. The number of amides is 1. The number of nitrogens with zero attached hydrogens (tertiary/aromatic N) is 3. The zero-order chi connectivity index (χ0) is 12.8. The summed E-state index contributed by atoms with van der Waals surface area (Å²) in [6.45, 7) is 12.7. The molecule has 0 spiro atoms. The molecule has 1 atom stereocenters. The summed E-state index contributed by atoms with van der Waals surface area (Å²) >= 11 is 0. The van der Waals surface area contributed by atoms with Gasteiger partial charge < -0.3 is 9.80 Å². The van der Waals surface area contributed by atoms with Crippen molar-refractivity contribution in [1.82, 2.24) is 14.7 Å². The Labute approximate surface area is 106 Å². The Bertz CT molecular complexity index is 241. The van der Waals surface area contributed by atoms with Crippen molar-refractivity contribution in [1.29, 1.82) is 0 Å². The smallest absolute Gasteiger partial charge is 0.239 e. The maximum atomic E-state index is 11.8. The van der Waals surface area contributed by atoms with Crippen LogP contribution in [0.5, 0.6) is 0 Å². The van der Waals surface area contributed by atoms with Crippen molar-refractivity contribution in [2.75, 3.05) is 46.3 Å². The van der Waals surface area contributed by atoms with Crippen molar-refractivity contribution in [3.05, 3.63) is 0 Å². The minimum atomic E-state index is 0.0606. The molecule has 1 rings (SSSR count). The predicted molar refractivity (Wildman–Crippen MR) is 71.1 cm³/mol. The summed E-state index contributed by atoms with van der Waals surface area (Å²) in [4.78, 5) is 18.4. The van der Waals surface area contributed by atoms with Crippen LogP contribution in [0.2, 0.25) is 0 Å². The topological polar surface area (TPSA) is 26.8 Å². The molecule has 0 aliphatic carbocycles. The Balaban J connectivity index is 2.30. The van der Waals surface area contributed by atoms with Crippen LogP contribution in [0, 0.1) is 0 Å². The maximum absolute atomic E-state index is 11.8. The first-order valence-electron chi connectivity index (χ1n) is 6.81. The van der Waals surface area contributed by atoms with Gasteiger partial charge in [0.15, 0.2) is 0 Å². The van der Waals surface area contributed by atoms with Gasteiger partial charge in [-0.3, -0.25) is 9.69 Å². The largest absolute Gasteiger partial charge is 0.343 e. The van der Waals surface area contributed by atoms with Crippen LogP contribution in [0.3, 0.4) is 0 Å². The third-order valence-electron chi connectivity index (χ3n) is 3.82. The quantitative estimate of drug-likeness (QED) is 0.691. The molecular weight excluding hydrogens is 214 g/mol. The highest BCUT2D eigenvalue weighted by molar-refractivity contribution is 5.81. The Morgan fingerprint density at radius 3 is 2.53 bits per heavy atom. The fourth-order valence-electron chi connectivity index (χ4n) is 2.40.